The van der Waals surface area contributed by atoms with Crippen LogP contribution in [0, 0.1) is 20.8 Å². The van der Waals surface area contributed by atoms with Gasteiger partial charge in [0, 0.05) is 47.2 Å². The number of hydrogen-bond donors (Lipinski definition) is 5. The molecule has 0 saturated heterocycles. The molecule has 0 fully saturated rings. The molecule has 0 amide bonds. The zero-order chi connectivity index (χ0) is 27.6. The summed E-state index contributed by atoms with van der Waals surface area (Å²) in [5.41, 5.74) is 0.918. The van der Waals surface area contributed by atoms with E-state index >= 15 is 0 Å². The van der Waals surface area contributed by atoms with Crippen LogP contribution >= 0.6 is 11.3 Å². The lowest BCUT2D eigenvalue weighted by molar-refractivity contribution is -0.170. The minimum Gasteiger partial charge on any atom is -0.481 e. The molecule has 12 heteroatoms. The van der Waals surface area contributed by atoms with E-state index in [0.717, 1.165) is 31.7 Å². The van der Waals surface area contributed by atoms with Crippen molar-refractivity contribution in [2.75, 3.05) is 6.54 Å². The first-order valence-corrected chi connectivity index (χ1v) is 12.4. The van der Waals surface area contributed by atoms with E-state index in [1.54, 1.807) is 0 Å². The van der Waals surface area contributed by atoms with Crippen LogP contribution in [0.2, 0.25) is 0 Å². The molecule has 0 radical (unpaired) electrons. The molecule has 0 aromatic carbocycles. The molecule has 2 heterocycles. The van der Waals surface area contributed by atoms with Crippen molar-refractivity contribution >= 4 is 29.2 Å². The van der Waals surface area contributed by atoms with Gasteiger partial charge in [-0.1, -0.05) is 6.92 Å². The van der Waals surface area contributed by atoms with Crippen molar-refractivity contribution in [2.24, 2.45) is 0 Å². The van der Waals surface area contributed by atoms with Gasteiger partial charge in [0.1, 0.15) is 0 Å². The Labute approximate surface area is 214 Å². The quantitative estimate of drug-likeness (QED) is 0.260. The van der Waals surface area contributed by atoms with Crippen molar-refractivity contribution in [2.45, 2.75) is 85.2 Å². The summed E-state index contributed by atoms with van der Waals surface area (Å²) in [6.07, 6.45) is -1.53. The van der Waals surface area contributed by atoms with Crippen LogP contribution in [0.1, 0.15) is 59.8 Å². The largest absolute Gasteiger partial charge is 0.481 e. The van der Waals surface area contributed by atoms with E-state index in [4.69, 9.17) is 20.4 Å². The predicted molar refractivity (Wildman–Crippen MR) is 134 cm³/mol. The van der Waals surface area contributed by atoms with Gasteiger partial charge in [-0.3, -0.25) is 19.2 Å². The second-order valence-corrected chi connectivity index (χ2v) is 10.3. The molecule has 2 aromatic heterocycles. The van der Waals surface area contributed by atoms with Gasteiger partial charge in [0.05, 0.1) is 24.6 Å². The van der Waals surface area contributed by atoms with Crippen molar-refractivity contribution in [1.82, 2.24) is 14.7 Å². The molecule has 0 spiro atoms. The van der Waals surface area contributed by atoms with E-state index in [-0.39, 0.29) is 6.10 Å². The first-order valence-electron chi connectivity index (χ1n) is 11.6. The third-order valence-corrected chi connectivity index (χ3v) is 6.32. The van der Waals surface area contributed by atoms with Gasteiger partial charge >= 0.3 is 17.9 Å². The fourth-order valence-electron chi connectivity index (χ4n) is 3.68. The minimum atomic E-state index is -2.74. The highest BCUT2D eigenvalue weighted by atomic mass is 32.1. The molecule has 5 N–H and O–H groups in total. The van der Waals surface area contributed by atoms with E-state index in [0.29, 0.717) is 6.54 Å². The van der Waals surface area contributed by atoms with Crippen LogP contribution in [0.5, 0.6) is 0 Å². The summed E-state index contributed by atoms with van der Waals surface area (Å²) >= 11 is 1.83. The fraction of sp³-hybridized carbons (Fsp3) is 0.583. The maximum atomic E-state index is 10.3. The van der Waals surface area contributed by atoms with E-state index in [1.165, 1.54) is 21.0 Å². The minimum absolute atomic E-state index is 0.331. The van der Waals surface area contributed by atoms with E-state index in [9.17, 15) is 19.5 Å². The maximum Gasteiger partial charge on any atom is 0.336 e. The molecule has 36 heavy (non-hydrogen) atoms. The second kappa shape index (κ2) is 14.1. The van der Waals surface area contributed by atoms with Gasteiger partial charge in [-0.2, -0.15) is 5.10 Å². The van der Waals surface area contributed by atoms with Gasteiger partial charge in [-0.15, -0.1) is 11.3 Å². The van der Waals surface area contributed by atoms with E-state index in [2.05, 4.69) is 54.5 Å². The summed E-state index contributed by atoms with van der Waals surface area (Å²) in [4.78, 5) is 35.5. The van der Waals surface area contributed by atoms with Crippen LogP contribution in [0.25, 0.3) is 0 Å². The van der Waals surface area contributed by atoms with Crippen molar-refractivity contribution < 1.29 is 39.9 Å². The van der Waals surface area contributed by atoms with Gasteiger partial charge in [0.2, 0.25) is 0 Å². The number of carboxylic acids is 3. The summed E-state index contributed by atoms with van der Waals surface area (Å²) in [7, 11) is 0. The van der Waals surface area contributed by atoms with Gasteiger partial charge in [0.25, 0.3) is 0 Å². The smallest absolute Gasteiger partial charge is 0.336 e. The SMILES string of the molecule is CCCn1nc(C)c(CN(Cc2ccc(C)s2)CC(C)O)c1C.O=C(O)CC(O)(CC(=O)O)C(=O)O. The lowest BCUT2D eigenvalue weighted by Gasteiger charge is -2.23. The summed E-state index contributed by atoms with van der Waals surface area (Å²) in [6, 6.07) is 4.35. The van der Waals surface area contributed by atoms with Crippen LogP contribution in [0.4, 0.5) is 0 Å². The molecule has 0 aliphatic carbocycles. The second-order valence-electron chi connectivity index (χ2n) is 8.88. The summed E-state index contributed by atoms with van der Waals surface area (Å²) in [5, 5.41) is 48.3. The van der Waals surface area contributed by atoms with Crippen LogP contribution < -0.4 is 0 Å². The van der Waals surface area contributed by atoms with Gasteiger partial charge in [-0.05, 0) is 46.2 Å². The summed E-state index contributed by atoms with van der Waals surface area (Å²) in [5.74, 6) is -5.02. The zero-order valence-electron chi connectivity index (χ0n) is 21.4. The highest BCUT2D eigenvalue weighted by molar-refractivity contribution is 7.11. The molecule has 2 aromatic rings. The van der Waals surface area contributed by atoms with E-state index < -0.39 is 36.4 Å². The number of nitrogens with zero attached hydrogens (tertiary/aromatic N) is 3. The Morgan fingerprint density at radius 3 is 2.08 bits per heavy atom. The standard InChI is InChI=1S/C18H29N3OS.C6H8O7/c1-6-9-21-16(5)18(15(4)19-21)12-20(10-13(2)22)11-17-8-7-14(3)23-17;7-3(8)1-6(13,5(11)12)2-4(9)10/h7-8,13,22H,6,9-12H2,1-5H3;13H,1-2H2,(H,7,8)(H,9,10)(H,11,12). The van der Waals surface area contributed by atoms with Gasteiger partial charge in [-0.25, -0.2) is 4.79 Å². The molecule has 1 atom stereocenters. The lowest BCUT2D eigenvalue weighted by atomic mass is 9.96. The van der Waals surface area contributed by atoms with Crippen LogP contribution in [0.3, 0.4) is 0 Å². The number of aliphatic hydroxyl groups excluding tert-OH is 1. The molecular formula is C24H37N3O8S. The number of aromatic nitrogens is 2. The molecule has 202 valence electrons. The Morgan fingerprint density at radius 2 is 1.67 bits per heavy atom. The number of aliphatic hydroxyl groups is 2. The highest BCUT2D eigenvalue weighted by Gasteiger charge is 2.40. The maximum absolute atomic E-state index is 10.3. The number of hydrogen-bond acceptors (Lipinski definition) is 8. The topological polar surface area (TPSA) is 173 Å². The lowest BCUT2D eigenvalue weighted by Crippen LogP contribution is -2.42. The Morgan fingerprint density at radius 1 is 1.08 bits per heavy atom. The molecule has 11 nitrogen and oxygen atoms in total. The Hall–Kier alpha value is -2.80. The van der Waals surface area contributed by atoms with Gasteiger partial charge in [0.15, 0.2) is 5.60 Å². The first kappa shape index (κ1) is 31.2. The van der Waals surface area contributed by atoms with E-state index in [1.807, 2.05) is 18.3 Å². The Bertz CT molecular complexity index is 1010. The van der Waals surface area contributed by atoms with Crippen molar-refractivity contribution in [1.29, 1.82) is 0 Å². The molecule has 0 bridgehead atoms. The zero-order valence-corrected chi connectivity index (χ0v) is 22.2. The molecule has 2 rings (SSSR count). The van der Waals surface area contributed by atoms with Crippen LogP contribution in [-0.4, -0.2) is 76.4 Å². The molecule has 0 aliphatic rings. The number of carboxylic acid groups (broad SMARTS) is 3. The highest BCUT2D eigenvalue weighted by Crippen LogP contribution is 2.21. The first-order chi connectivity index (χ1) is 16.7. The van der Waals surface area contributed by atoms with Crippen LogP contribution in [0.15, 0.2) is 12.1 Å². The Balaban J connectivity index is 0.000000426. The Kier molecular flexibility index (Phi) is 12.2. The van der Waals surface area contributed by atoms with Crippen molar-refractivity contribution in [3.63, 3.8) is 0 Å². The number of thiophene rings is 1. The number of carbonyl (C=O) groups is 3. The summed E-state index contributed by atoms with van der Waals surface area (Å²) < 4.78 is 2.11. The molecular weight excluding hydrogens is 490 g/mol. The molecule has 0 aliphatic heterocycles. The summed E-state index contributed by atoms with van der Waals surface area (Å²) in [6.45, 7) is 13.8. The third-order valence-electron chi connectivity index (χ3n) is 5.33. The average molecular weight is 528 g/mol. The molecule has 0 saturated carbocycles. The normalized spacial score (nSPS) is 12.2. The van der Waals surface area contributed by atoms with Crippen LogP contribution in [-0.2, 0) is 34.0 Å². The monoisotopic (exact) mass is 527 g/mol. The van der Waals surface area contributed by atoms with Crippen molar-refractivity contribution in [3.05, 3.63) is 38.8 Å². The van der Waals surface area contributed by atoms with Crippen molar-refractivity contribution in [3.8, 4) is 0 Å². The third kappa shape index (κ3) is 10.1. The number of rotatable bonds is 13. The number of aliphatic carboxylic acids is 3. The number of aryl methyl sites for hydroxylation is 3. The predicted octanol–water partition coefficient (Wildman–Crippen LogP) is 2.41. The fourth-order valence-corrected chi connectivity index (χ4v) is 4.61. The average Bonchev–Trinajstić information content (AvgIpc) is 3.24. The molecule has 1 unspecified atom stereocenters. The van der Waals surface area contributed by atoms with Gasteiger partial charge < -0.3 is 25.5 Å².